The zero-order chi connectivity index (χ0) is 18.1. The van der Waals surface area contributed by atoms with Crippen molar-refractivity contribution in [2.75, 3.05) is 19.6 Å². The number of rotatable bonds is 4. The summed E-state index contributed by atoms with van der Waals surface area (Å²) in [7, 11) is 0. The summed E-state index contributed by atoms with van der Waals surface area (Å²) in [5.74, 6) is -0.399. The Hall–Kier alpha value is -2.36. The molecule has 2 saturated heterocycles. The summed E-state index contributed by atoms with van der Waals surface area (Å²) in [6, 6.07) is -0.337. The Morgan fingerprint density at radius 3 is 2.77 bits per heavy atom. The van der Waals surface area contributed by atoms with Crippen LogP contribution in [-0.2, 0) is 6.54 Å². The maximum Gasteiger partial charge on any atom is 0.276 e. The topological polar surface area (TPSA) is 84.2 Å². The van der Waals surface area contributed by atoms with Gasteiger partial charge in [-0.15, -0.1) is 16.4 Å². The molecule has 2 aliphatic rings. The van der Waals surface area contributed by atoms with E-state index in [0.717, 1.165) is 25.9 Å². The summed E-state index contributed by atoms with van der Waals surface area (Å²) in [6.45, 7) is 1.84. The number of likely N-dealkylation sites (tertiary alicyclic amines) is 2. The minimum atomic E-state index is -1.07. The van der Waals surface area contributed by atoms with Crippen molar-refractivity contribution < 1.29 is 14.0 Å². The van der Waals surface area contributed by atoms with Gasteiger partial charge in [0.2, 0.25) is 0 Å². The summed E-state index contributed by atoms with van der Waals surface area (Å²) in [4.78, 5) is 32.2. The number of amides is 2. The third-order valence-electron chi connectivity index (χ3n) is 4.82. The number of nitrogens with zero attached hydrogens (tertiary/aromatic N) is 6. The molecule has 8 nitrogen and oxygen atoms in total. The highest BCUT2D eigenvalue weighted by Gasteiger charge is 2.37. The molecule has 2 fully saturated rings. The van der Waals surface area contributed by atoms with Crippen molar-refractivity contribution >= 4 is 23.2 Å². The summed E-state index contributed by atoms with van der Waals surface area (Å²) in [6.07, 6.45) is 2.76. The van der Waals surface area contributed by atoms with Crippen molar-refractivity contribution in [1.82, 2.24) is 29.8 Å². The van der Waals surface area contributed by atoms with Crippen molar-refractivity contribution in [1.29, 1.82) is 0 Å². The third kappa shape index (κ3) is 3.33. The van der Waals surface area contributed by atoms with E-state index in [1.54, 1.807) is 22.0 Å². The maximum atomic E-state index is 13.9. The predicted octanol–water partition coefficient (Wildman–Crippen LogP) is 1.22. The number of alkyl halides is 1. The van der Waals surface area contributed by atoms with Crippen LogP contribution in [0.3, 0.4) is 0 Å². The van der Waals surface area contributed by atoms with Crippen LogP contribution in [0.4, 0.5) is 4.39 Å². The van der Waals surface area contributed by atoms with Crippen LogP contribution in [0.25, 0.3) is 0 Å². The number of halogens is 1. The third-order valence-corrected chi connectivity index (χ3v) is 5.41. The molecule has 2 aromatic heterocycles. The van der Waals surface area contributed by atoms with Gasteiger partial charge in [0.05, 0.1) is 30.8 Å². The van der Waals surface area contributed by atoms with Crippen LogP contribution in [0.5, 0.6) is 0 Å². The Labute approximate surface area is 153 Å². The molecule has 0 N–H and O–H groups in total. The fourth-order valence-electron chi connectivity index (χ4n) is 3.53. The molecule has 4 rings (SSSR count). The van der Waals surface area contributed by atoms with E-state index in [-0.39, 0.29) is 30.8 Å². The van der Waals surface area contributed by atoms with Crippen LogP contribution in [0, 0.1) is 0 Å². The molecule has 2 aromatic rings. The lowest BCUT2D eigenvalue weighted by Gasteiger charge is -2.23. The molecular weight excluding hydrogens is 359 g/mol. The van der Waals surface area contributed by atoms with Crippen LogP contribution in [0.15, 0.2) is 17.1 Å². The molecule has 2 amide bonds. The summed E-state index contributed by atoms with van der Waals surface area (Å²) in [5, 5.41) is 9.61. The number of carbonyl (C=O) groups is 2. The van der Waals surface area contributed by atoms with Crippen LogP contribution < -0.4 is 0 Å². The Morgan fingerprint density at radius 2 is 2.04 bits per heavy atom. The quantitative estimate of drug-likeness (QED) is 0.799. The molecule has 0 saturated carbocycles. The van der Waals surface area contributed by atoms with E-state index in [1.165, 1.54) is 20.9 Å². The Kier molecular flexibility index (Phi) is 4.66. The smallest absolute Gasteiger partial charge is 0.276 e. The van der Waals surface area contributed by atoms with Gasteiger partial charge in [0.25, 0.3) is 11.8 Å². The first kappa shape index (κ1) is 17.1. The Balaban J connectivity index is 1.45. The highest BCUT2D eigenvalue weighted by molar-refractivity contribution is 7.07. The summed E-state index contributed by atoms with van der Waals surface area (Å²) < 4.78 is 15.5. The zero-order valence-corrected chi connectivity index (χ0v) is 14.9. The van der Waals surface area contributed by atoms with Gasteiger partial charge < -0.3 is 9.80 Å². The van der Waals surface area contributed by atoms with Crippen LogP contribution >= 0.6 is 11.3 Å². The molecule has 2 aliphatic heterocycles. The van der Waals surface area contributed by atoms with E-state index in [0.29, 0.717) is 17.9 Å². The van der Waals surface area contributed by atoms with Gasteiger partial charge in [0, 0.05) is 24.9 Å². The van der Waals surface area contributed by atoms with Crippen molar-refractivity contribution in [2.45, 2.75) is 38.0 Å². The van der Waals surface area contributed by atoms with E-state index in [4.69, 9.17) is 0 Å². The fraction of sp³-hybridized carbons (Fsp3) is 0.562. The monoisotopic (exact) mass is 378 g/mol. The molecule has 26 heavy (non-hydrogen) atoms. The number of hydrogen-bond acceptors (Lipinski definition) is 6. The van der Waals surface area contributed by atoms with E-state index in [2.05, 4.69) is 15.3 Å². The largest absolute Gasteiger partial charge is 0.337 e. The lowest BCUT2D eigenvalue weighted by atomic mass is 10.2. The fourth-order valence-corrected chi connectivity index (χ4v) is 4.06. The van der Waals surface area contributed by atoms with Gasteiger partial charge in [-0.05, 0) is 12.8 Å². The highest BCUT2D eigenvalue weighted by Crippen LogP contribution is 2.24. The lowest BCUT2D eigenvalue weighted by Crippen LogP contribution is -2.38. The van der Waals surface area contributed by atoms with Crippen LogP contribution in [-0.4, -0.2) is 73.4 Å². The van der Waals surface area contributed by atoms with E-state index in [9.17, 15) is 14.0 Å². The predicted molar refractivity (Wildman–Crippen MR) is 91.6 cm³/mol. The van der Waals surface area contributed by atoms with Gasteiger partial charge in [-0.1, -0.05) is 5.21 Å². The van der Waals surface area contributed by atoms with Crippen molar-refractivity contribution in [3.63, 3.8) is 0 Å². The maximum absolute atomic E-state index is 13.9. The minimum absolute atomic E-state index is 0.0509. The van der Waals surface area contributed by atoms with Crippen LogP contribution in [0.2, 0.25) is 0 Å². The minimum Gasteiger partial charge on any atom is -0.337 e. The molecule has 138 valence electrons. The second-order valence-corrected chi connectivity index (χ2v) is 7.36. The van der Waals surface area contributed by atoms with Gasteiger partial charge in [-0.3, -0.25) is 9.59 Å². The van der Waals surface area contributed by atoms with Gasteiger partial charge in [0.1, 0.15) is 11.9 Å². The standard InChI is InChI=1S/C16H19FN6O2S/c17-11-5-12(23(6-11)16(25)14-9-26-10-18-14)7-22-8-13(19-20-22)15(24)21-3-1-2-4-21/h8-12H,1-7H2/t11-,12-/m0/s1. The van der Waals surface area contributed by atoms with Gasteiger partial charge >= 0.3 is 0 Å². The SMILES string of the molecule is O=C(c1cn(C[C@@H]2C[C@H](F)CN2C(=O)c2cscn2)nn1)N1CCCC1. The molecule has 0 radical (unpaired) electrons. The van der Waals surface area contributed by atoms with Crippen molar-refractivity contribution in [3.05, 3.63) is 28.5 Å². The number of thiazole rings is 1. The Bertz CT molecular complexity index is 789. The molecular formula is C16H19FN6O2S. The highest BCUT2D eigenvalue weighted by atomic mass is 32.1. The number of carbonyl (C=O) groups excluding carboxylic acids is 2. The normalized spacial score (nSPS) is 23.0. The van der Waals surface area contributed by atoms with E-state index >= 15 is 0 Å². The molecule has 0 bridgehead atoms. The first-order chi connectivity index (χ1) is 12.6. The van der Waals surface area contributed by atoms with Crippen molar-refractivity contribution in [3.8, 4) is 0 Å². The van der Waals surface area contributed by atoms with Crippen LogP contribution in [0.1, 0.15) is 40.2 Å². The molecule has 0 unspecified atom stereocenters. The first-order valence-electron chi connectivity index (χ1n) is 8.64. The molecule has 0 aliphatic carbocycles. The average Bonchev–Trinajstić information content (AvgIpc) is 3.41. The Morgan fingerprint density at radius 1 is 1.23 bits per heavy atom. The van der Waals surface area contributed by atoms with Gasteiger partial charge in [0.15, 0.2) is 5.69 Å². The second-order valence-electron chi connectivity index (χ2n) is 6.64. The summed E-state index contributed by atoms with van der Waals surface area (Å²) in [5.41, 5.74) is 2.20. The second kappa shape index (κ2) is 7.10. The van der Waals surface area contributed by atoms with Gasteiger partial charge in [-0.2, -0.15) is 0 Å². The molecule has 0 spiro atoms. The molecule has 0 aromatic carbocycles. The molecule has 10 heteroatoms. The van der Waals surface area contributed by atoms with E-state index < -0.39 is 6.17 Å². The zero-order valence-electron chi connectivity index (χ0n) is 14.1. The van der Waals surface area contributed by atoms with E-state index in [1.807, 2.05) is 0 Å². The lowest BCUT2D eigenvalue weighted by molar-refractivity contribution is 0.0708. The summed E-state index contributed by atoms with van der Waals surface area (Å²) >= 11 is 1.33. The molecule has 4 heterocycles. The van der Waals surface area contributed by atoms with Gasteiger partial charge in [-0.25, -0.2) is 14.1 Å². The number of aromatic nitrogens is 4. The average molecular weight is 378 g/mol. The van der Waals surface area contributed by atoms with Crippen molar-refractivity contribution in [2.24, 2.45) is 0 Å². The first-order valence-corrected chi connectivity index (χ1v) is 9.58. The molecule has 2 atom stereocenters. The number of hydrogen-bond donors (Lipinski definition) is 0.